The quantitative estimate of drug-likeness (QED) is 0.818. The highest BCUT2D eigenvalue weighted by Gasteiger charge is 2.40. The number of nitrogens with two attached hydrogens (primary N) is 1. The number of anilines is 2. The molecule has 0 bridgehead atoms. The van der Waals surface area contributed by atoms with Crippen LogP contribution < -0.4 is 20.7 Å². The van der Waals surface area contributed by atoms with Crippen molar-refractivity contribution in [2.75, 3.05) is 30.3 Å². The Kier molecular flexibility index (Phi) is 3.42. The molecular formula is C15H21N3O2. The SMILES string of the molecule is CCOc1cc(N2CCCC3C(=O)NCC32)ccc1N. The van der Waals surface area contributed by atoms with E-state index in [0.29, 0.717) is 12.3 Å². The average molecular weight is 275 g/mol. The van der Waals surface area contributed by atoms with E-state index in [1.807, 2.05) is 25.1 Å². The lowest BCUT2D eigenvalue weighted by Crippen LogP contribution is -2.45. The minimum absolute atomic E-state index is 0.122. The van der Waals surface area contributed by atoms with Crippen LogP contribution in [0.5, 0.6) is 5.75 Å². The molecular weight excluding hydrogens is 254 g/mol. The number of amides is 1. The fraction of sp³-hybridized carbons (Fsp3) is 0.533. The van der Waals surface area contributed by atoms with E-state index in [-0.39, 0.29) is 17.9 Å². The molecule has 2 saturated heterocycles. The number of nitrogens with zero attached hydrogens (tertiary/aromatic N) is 1. The van der Waals surface area contributed by atoms with Crippen molar-refractivity contribution in [3.8, 4) is 5.75 Å². The number of hydrogen-bond donors (Lipinski definition) is 2. The molecule has 0 aromatic heterocycles. The van der Waals surface area contributed by atoms with Crippen molar-refractivity contribution in [2.45, 2.75) is 25.8 Å². The summed E-state index contributed by atoms with van der Waals surface area (Å²) in [5, 5.41) is 2.98. The van der Waals surface area contributed by atoms with Crippen LogP contribution in [-0.4, -0.2) is 31.6 Å². The zero-order chi connectivity index (χ0) is 14.1. The highest BCUT2D eigenvalue weighted by molar-refractivity contribution is 5.83. The van der Waals surface area contributed by atoms with Gasteiger partial charge in [-0.15, -0.1) is 0 Å². The van der Waals surface area contributed by atoms with E-state index in [1.165, 1.54) is 0 Å². The molecule has 20 heavy (non-hydrogen) atoms. The maximum Gasteiger partial charge on any atom is 0.225 e. The molecule has 2 fully saturated rings. The monoisotopic (exact) mass is 275 g/mol. The number of piperidine rings is 1. The molecule has 0 spiro atoms. The number of nitrogens with one attached hydrogen (secondary N) is 1. The summed E-state index contributed by atoms with van der Waals surface area (Å²) in [5.74, 6) is 1.04. The molecule has 5 nitrogen and oxygen atoms in total. The van der Waals surface area contributed by atoms with Crippen LogP contribution in [0.4, 0.5) is 11.4 Å². The second-order valence-electron chi connectivity index (χ2n) is 5.41. The number of hydrogen-bond acceptors (Lipinski definition) is 4. The number of carbonyl (C=O) groups is 1. The normalized spacial score (nSPS) is 25.2. The first-order chi connectivity index (χ1) is 9.70. The summed E-state index contributed by atoms with van der Waals surface area (Å²) in [6.07, 6.45) is 2.03. The summed E-state index contributed by atoms with van der Waals surface area (Å²) in [6, 6.07) is 6.15. The van der Waals surface area contributed by atoms with Gasteiger partial charge in [0.1, 0.15) is 5.75 Å². The van der Waals surface area contributed by atoms with E-state index in [1.54, 1.807) is 0 Å². The molecule has 2 atom stereocenters. The van der Waals surface area contributed by atoms with Crippen LogP contribution >= 0.6 is 0 Å². The maximum absolute atomic E-state index is 11.8. The number of ether oxygens (including phenoxy) is 1. The molecule has 2 heterocycles. The van der Waals surface area contributed by atoms with E-state index in [0.717, 1.165) is 37.4 Å². The minimum Gasteiger partial charge on any atom is -0.492 e. The maximum atomic E-state index is 11.8. The Morgan fingerprint density at radius 3 is 3.15 bits per heavy atom. The lowest BCUT2D eigenvalue weighted by molar-refractivity contribution is -0.122. The van der Waals surface area contributed by atoms with Crippen LogP contribution in [0, 0.1) is 5.92 Å². The first kappa shape index (κ1) is 13.1. The van der Waals surface area contributed by atoms with Gasteiger partial charge in [0.05, 0.1) is 24.3 Å². The van der Waals surface area contributed by atoms with Gasteiger partial charge in [0.2, 0.25) is 5.91 Å². The van der Waals surface area contributed by atoms with Crippen LogP contribution in [0.2, 0.25) is 0 Å². The van der Waals surface area contributed by atoms with E-state index in [2.05, 4.69) is 10.2 Å². The van der Waals surface area contributed by atoms with Gasteiger partial charge in [0, 0.05) is 24.8 Å². The van der Waals surface area contributed by atoms with Crippen molar-refractivity contribution >= 4 is 17.3 Å². The van der Waals surface area contributed by atoms with Crippen molar-refractivity contribution < 1.29 is 9.53 Å². The Morgan fingerprint density at radius 2 is 2.35 bits per heavy atom. The smallest absolute Gasteiger partial charge is 0.225 e. The topological polar surface area (TPSA) is 67.6 Å². The number of rotatable bonds is 3. The number of nitrogen functional groups attached to an aromatic ring is 1. The Bertz CT molecular complexity index is 518. The Labute approximate surface area is 119 Å². The van der Waals surface area contributed by atoms with Crippen LogP contribution in [0.25, 0.3) is 0 Å². The molecule has 0 aliphatic carbocycles. The first-order valence-corrected chi connectivity index (χ1v) is 7.27. The predicted octanol–water partition coefficient (Wildman–Crippen LogP) is 1.38. The van der Waals surface area contributed by atoms with E-state index >= 15 is 0 Å². The number of carbonyl (C=O) groups excluding carboxylic acids is 1. The summed E-state index contributed by atoms with van der Waals surface area (Å²) in [7, 11) is 0. The van der Waals surface area contributed by atoms with Gasteiger partial charge in [0.25, 0.3) is 0 Å². The van der Waals surface area contributed by atoms with Gasteiger partial charge in [-0.2, -0.15) is 0 Å². The van der Waals surface area contributed by atoms with Crippen LogP contribution in [0.15, 0.2) is 18.2 Å². The standard InChI is InChI=1S/C15H21N3O2/c1-2-20-14-8-10(5-6-12(14)16)18-7-3-4-11-13(18)9-17-15(11)19/h5-6,8,11,13H,2-4,7,9,16H2,1H3,(H,17,19). The molecule has 0 saturated carbocycles. The largest absolute Gasteiger partial charge is 0.492 e. The van der Waals surface area contributed by atoms with Crippen molar-refractivity contribution in [3.63, 3.8) is 0 Å². The Hall–Kier alpha value is -1.91. The van der Waals surface area contributed by atoms with Gasteiger partial charge in [-0.05, 0) is 31.9 Å². The summed E-state index contributed by atoms with van der Waals surface area (Å²) in [6.45, 7) is 4.26. The minimum atomic E-state index is 0.122. The average Bonchev–Trinajstić information content (AvgIpc) is 2.84. The third kappa shape index (κ3) is 2.17. The fourth-order valence-electron chi connectivity index (χ4n) is 3.25. The van der Waals surface area contributed by atoms with Gasteiger partial charge in [-0.3, -0.25) is 4.79 Å². The zero-order valence-electron chi connectivity index (χ0n) is 11.8. The Balaban J connectivity index is 1.88. The molecule has 3 N–H and O–H groups in total. The highest BCUT2D eigenvalue weighted by atomic mass is 16.5. The summed E-state index contributed by atoms with van der Waals surface area (Å²) in [4.78, 5) is 14.1. The first-order valence-electron chi connectivity index (χ1n) is 7.27. The fourth-order valence-corrected chi connectivity index (χ4v) is 3.25. The molecule has 1 aromatic rings. The molecule has 1 amide bonds. The number of fused-ring (bicyclic) bond motifs is 1. The van der Waals surface area contributed by atoms with E-state index < -0.39 is 0 Å². The number of benzene rings is 1. The van der Waals surface area contributed by atoms with Crippen molar-refractivity contribution in [1.29, 1.82) is 0 Å². The van der Waals surface area contributed by atoms with Crippen LogP contribution in [0.1, 0.15) is 19.8 Å². The summed E-state index contributed by atoms with van der Waals surface area (Å²) in [5.41, 5.74) is 7.67. The molecule has 0 radical (unpaired) electrons. The second kappa shape index (κ2) is 5.23. The third-order valence-corrected chi connectivity index (χ3v) is 4.23. The molecule has 2 aliphatic rings. The highest BCUT2D eigenvalue weighted by Crippen LogP contribution is 2.34. The molecule has 108 valence electrons. The molecule has 2 aliphatic heterocycles. The predicted molar refractivity (Wildman–Crippen MR) is 78.9 cm³/mol. The van der Waals surface area contributed by atoms with Crippen molar-refractivity contribution in [3.05, 3.63) is 18.2 Å². The van der Waals surface area contributed by atoms with Gasteiger partial charge in [-0.25, -0.2) is 0 Å². The van der Waals surface area contributed by atoms with Gasteiger partial charge in [0.15, 0.2) is 0 Å². The van der Waals surface area contributed by atoms with Crippen LogP contribution in [0.3, 0.4) is 0 Å². The Morgan fingerprint density at radius 1 is 1.50 bits per heavy atom. The molecule has 2 unspecified atom stereocenters. The van der Waals surface area contributed by atoms with Crippen molar-refractivity contribution in [1.82, 2.24) is 5.32 Å². The molecule has 5 heteroatoms. The summed E-state index contributed by atoms with van der Waals surface area (Å²) >= 11 is 0. The zero-order valence-corrected chi connectivity index (χ0v) is 11.8. The van der Waals surface area contributed by atoms with Crippen molar-refractivity contribution in [2.24, 2.45) is 5.92 Å². The third-order valence-electron chi connectivity index (χ3n) is 4.23. The summed E-state index contributed by atoms with van der Waals surface area (Å²) < 4.78 is 5.57. The second-order valence-corrected chi connectivity index (χ2v) is 5.41. The molecule has 1 aromatic carbocycles. The lowest BCUT2D eigenvalue weighted by atomic mass is 9.91. The molecule has 3 rings (SSSR count). The van der Waals surface area contributed by atoms with Gasteiger partial charge >= 0.3 is 0 Å². The van der Waals surface area contributed by atoms with Crippen LogP contribution in [-0.2, 0) is 4.79 Å². The lowest BCUT2D eigenvalue weighted by Gasteiger charge is -2.37. The van der Waals surface area contributed by atoms with E-state index in [9.17, 15) is 4.79 Å². The van der Waals surface area contributed by atoms with Gasteiger partial charge in [-0.1, -0.05) is 0 Å². The van der Waals surface area contributed by atoms with E-state index in [4.69, 9.17) is 10.5 Å². The van der Waals surface area contributed by atoms with Gasteiger partial charge < -0.3 is 20.7 Å².